The third-order valence-corrected chi connectivity index (χ3v) is 17.7. The highest BCUT2D eigenvalue weighted by atomic mass is 31.2. The number of hydrogen-bond donors (Lipinski definition) is 3. The lowest BCUT2D eigenvalue weighted by atomic mass is 9.99. The van der Waals surface area contributed by atoms with Crippen molar-refractivity contribution in [1.82, 2.24) is 0 Å². The molecule has 0 aromatic heterocycles. The number of phosphoric ester groups is 2. The maximum atomic E-state index is 13.0. The van der Waals surface area contributed by atoms with Gasteiger partial charge in [-0.05, 0) is 49.4 Å². The average Bonchev–Trinajstić information content (AvgIpc) is 3.53. The summed E-state index contributed by atoms with van der Waals surface area (Å²) in [5, 5.41) is 10.6. The summed E-state index contributed by atoms with van der Waals surface area (Å²) >= 11 is 0. The van der Waals surface area contributed by atoms with Gasteiger partial charge in [0.15, 0.2) is 12.2 Å². The Hall–Kier alpha value is -1.94. The molecule has 0 radical (unpaired) electrons. The number of hydrogen-bond acceptors (Lipinski definition) is 15. The van der Waals surface area contributed by atoms with Crippen LogP contribution in [0.25, 0.3) is 0 Å². The molecular weight excluding hydrogens is 1130 g/mol. The molecule has 504 valence electrons. The summed E-state index contributed by atoms with van der Waals surface area (Å²) in [6.45, 7) is 14.0. The Kier molecular flexibility index (Phi) is 54.8. The number of carbonyl (C=O) groups excluding carboxylic acids is 4. The van der Waals surface area contributed by atoms with Crippen molar-refractivity contribution in [3.63, 3.8) is 0 Å². The lowest BCUT2D eigenvalue weighted by molar-refractivity contribution is -0.161. The van der Waals surface area contributed by atoms with Gasteiger partial charge in [-0.25, -0.2) is 9.13 Å². The van der Waals surface area contributed by atoms with Gasteiger partial charge >= 0.3 is 39.5 Å². The van der Waals surface area contributed by atoms with E-state index in [2.05, 4.69) is 55.4 Å². The highest BCUT2D eigenvalue weighted by Crippen LogP contribution is 2.45. The molecule has 0 aromatic carbocycles. The van der Waals surface area contributed by atoms with Gasteiger partial charge in [0.25, 0.3) is 0 Å². The van der Waals surface area contributed by atoms with Gasteiger partial charge in [-0.15, -0.1) is 0 Å². The van der Waals surface area contributed by atoms with Crippen molar-refractivity contribution in [2.75, 3.05) is 39.6 Å². The number of aliphatic hydroxyl groups excluding tert-OH is 1. The molecule has 0 aromatic rings. The third kappa shape index (κ3) is 58.2. The van der Waals surface area contributed by atoms with Crippen LogP contribution < -0.4 is 0 Å². The van der Waals surface area contributed by atoms with Gasteiger partial charge in [0, 0.05) is 25.7 Å². The average molecular weight is 1260 g/mol. The van der Waals surface area contributed by atoms with E-state index in [1.54, 1.807) is 0 Å². The first-order valence-corrected chi connectivity index (χ1v) is 37.3. The molecule has 19 heteroatoms. The second-order valence-corrected chi connectivity index (χ2v) is 28.2. The fourth-order valence-corrected chi connectivity index (χ4v) is 11.3. The molecule has 0 fully saturated rings. The van der Waals surface area contributed by atoms with Crippen LogP contribution in [-0.4, -0.2) is 96.7 Å². The van der Waals surface area contributed by atoms with Crippen LogP contribution in [0, 0.1) is 23.7 Å². The summed E-state index contributed by atoms with van der Waals surface area (Å²) in [5.74, 6) is 0.825. The molecule has 0 bridgehead atoms. The summed E-state index contributed by atoms with van der Waals surface area (Å²) in [5.41, 5.74) is 0. The van der Waals surface area contributed by atoms with E-state index in [4.69, 9.17) is 37.0 Å². The number of carbonyl (C=O) groups is 4. The molecule has 0 heterocycles. The molecule has 0 spiro atoms. The minimum atomic E-state index is -4.95. The SMILES string of the molecule is CCC(C)CCCCCCCCCCC(=O)O[C@H](COC(=O)CCCCCCCCCCC(C)C)COP(=O)(O)OCC(O)COP(=O)(O)OC[C@@H](COC(=O)CCCCCCCCC(C)CC)OC(=O)CCCCCCCCCCCC(C)C. The fraction of sp³-hybridized carbons (Fsp3) is 0.939. The molecule has 17 nitrogen and oxygen atoms in total. The zero-order valence-corrected chi connectivity index (χ0v) is 57.0. The molecule has 0 amide bonds. The number of ether oxygens (including phenoxy) is 4. The van der Waals surface area contributed by atoms with E-state index < -0.39 is 97.5 Å². The van der Waals surface area contributed by atoms with E-state index in [0.717, 1.165) is 120 Å². The van der Waals surface area contributed by atoms with Gasteiger partial charge in [-0.2, -0.15) is 0 Å². The Labute approximate surface area is 517 Å². The van der Waals surface area contributed by atoms with Gasteiger partial charge in [-0.3, -0.25) is 37.3 Å². The van der Waals surface area contributed by atoms with Crippen molar-refractivity contribution in [3.05, 3.63) is 0 Å². The quantitative estimate of drug-likeness (QED) is 0.0222. The minimum absolute atomic E-state index is 0.104. The van der Waals surface area contributed by atoms with Gasteiger partial charge in [0.1, 0.15) is 19.3 Å². The van der Waals surface area contributed by atoms with Crippen LogP contribution in [0.4, 0.5) is 0 Å². The molecule has 7 atom stereocenters. The molecule has 0 saturated heterocycles. The van der Waals surface area contributed by atoms with Crippen LogP contribution >= 0.6 is 15.6 Å². The summed E-state index contributed by atoms with van der Waals surface area (Å²) in [7, 11) is -9.90. The minimum Gasteiger partial charge on any atom is -0.462 e. The van der Waals surface area contributed by atoms with Crippen molar-refractivity contribution < 1.29 is 80.2 Å². The Morgan fingerprint density at radius 3 is 0.835 bits per heavy atom. The summed E-state index contributed by atoms with van der Waals surface area (Å²) in [6, 6.07) is 0. The van der Waals surface area contributed by atoms with Crippen molar-refractivity contribution in [3.8, 4) is 0 Å². The van der Waals surface area contributed by atoms with Crippen molar-refractivity contribution in [1.29, 1.82) is 0 Å². The van der Waals surface area contributed by atoms with Crippen LogP contribution in [0.1, 0.15) is 319 Å². The highest BCUT2D eigenvalue weighted by molar-refractivity contribution is 7.47. The lowest BCUT2D eigenvalue weighted by Crippen LogP contribution is -2.30. The van der Waals surface area contributed by atoms with Crippen LogP contribution in [-0.2, 0) is 65.4 Å². The second-order valence-electron chi connectivity index (χ2n) is 25.3. The molecule has 85 heavy (non-hydrogen) atoms. The van der Waals surface area contributed by atoms with Crippen molar-refractivity contribution >= 4 is 39.5 Å². The van der Waals surface area contributed by atoms with Crippen molar-refractivity contribution in [2.24, 2.45) is 23.7 Å². The Balaban J connectivity index is 5.27. The number of esters is 4. The second kappa shape index (κ2) is 56.1. The summed E-state index contributed by atoms with van der Waals surface area (Å²) < 4.78 is 68.1. The topological polar surface area (TPSA) is 237 Å². The molecule has 3 N–H and O–H groups in total. The van der Waals surface area contributed by atoms with E-state index in [-0.39, 0.29) is 25.7 Å². The highest BCUT2D eigenvalue weighted by Gasteiger charge is 2.30. The molecular formula is C66H128O17P2. The molecule has 0 aliphatic carbocycles. The largest absolute Gasteiger partial charge is 0.472 e. The first-order valence-electron chi connectivity index (χ1n) is 34.3. The zero-order chi connectivity index (χ0) is 63.2. The predicted molar refractivity (Wildman–Crippen MR) is 340 cm³/mol. The fourth-order valence-electron chi connectivity index (χ4n) is 9.72. The Morgan fingerprint density at radius 1 is 0.329 bits per heavy atom. The van der Waals surface area contributed by atoms with Crippen LogP contribution in [0.3, 0.4) is 0 Å². The zero-order valence-electron chi connectivity index (χ0n) is 55.2. The van der Waals surface area contributed by atoms with E-state index >= 15 is 0 Å². The van der Waals surface area contributed by atoms with Gasteiger partial charge in [0.2, 0.25) is 0 Å². The first-order chi connectivity index (χ1) is 40.7. The maximum absolute atomic E-state index is 13.0. The smallest absolute Gasteiger partial charge is 0.462 e. The summed E-state index contributed by atoms with van der Waals surface area (Å²) in [4.78, 5) is 72.3. The molecule has 0 aliphatic rings. The van der Waals surface area contributed by atoms with E-state index in [1.165, 1.54) is 116 Å². The number of unbranched alkanes of at least 4 members (excludes halogenated alkanes) is 27. The lowest BCUT2D eigenvalue weighted by Gasteiger charge is -2.21. The molecule has 0 saturated carbocycles. The van der Waals surface area contributed by atoms with Crippen molar-refractivity contribution in [2.45, 2.75) is 337 Å². The third-order valence-electron chi connectivity index (χ3n) is 15.8. The molecule has 5 unspecified atom stereocenters. The Morgan fingerprint density at radius 2 is 0.565 bits per heavy atom. The maximum Gasteiger partial charge on any atom is 0.472 e. The monoisotopic (exact) mass is 1250 g/mol. The van der Waals surface area contributed by atoms with Gasteiger partial charge in [0.05, 0.1) is 26.4 Å². The summed E-state index contributed by atoms with van der Waals surface area (Å²) in [6.07, 6.45) is 36.2. The number of phosphoric acid groups is 2. The Bertz CT molecular complexity index is 1700. The van der Waals surface area contributed by atoms with Crippen LogP contribution in [0.15, 0.2) is 0 Å². The van der Waals surface area contributed by atoms with Crippen LogP contribution in [0.5, 0.6) is 0 Å². The van der Waals surface area contributed by atoms with E-state index in [0.29, 0.717) is 25.7 Å². The molecule has 0 rings (SSSR count). The van der Waals surface area contributed by atoms with Gasteiger partial charge < -0.3 is 33.8 Å². The molecule has 0 aliphatic heterocycles. The predicted octanol–water partition coefficient (Wildman–Crippen LogP) is 18.1. The van der Waals surface area contributed by atoms with Crippen LogP contribution in [0.2, 0.25) is 0 Å². The van der Waals surface area contributed by atoms with E-state index in [9.17, 15) is 43.2 Å². The number of rotatable bonds is 63. The van der Waals surface area contributed by atoms with Gasteiger partial charge in [-0.1, -0.05) is 267 Å². The standard InChI is InChI=1S/C66H128O17P2/c1-9-58(7)44-36-28-20-15-17-23-33-41-49-66(71)83-61(52-76-63(68)46-38-30-21-16-14-19-27-35-43-57(5)6)54-80-84(72,73)78-50-60(67)51-79-85(74,75)81-55-62(53-77-64(69)47-39-31-25-24-29-37-45-59(8)10-2)82-65(70)48-40-32-22-13-11-12-18-26-34-42-56(3)4/h56-62,67H,9-55H2,1-8H3,(H,72,73)(H,74,75)/t58?,59?,60?,61-,62-/m1/s1. The first kappa shape index (κ1) is 83.1. The normalized spacial score (nSPS) is 15.0. The van der Waals surface area contributed by atoms with E-state index in [1.807, 2.05) is 0 Å². The number of aliphatic hydroxyl groups is 1.